The van der Waals surface area contributed by atoms with Gasteiger partial charge in [0.2, 0.25) is 5.91 Å². The lowest BCUT2D eigenvalue weighted by atomic mass is 9.71. The Kier molecular flexibility index (Phi) is 8.18. The lowest BCUT2D eigenvalue weighted by Gasteiger charge is -2.57. The molecule has 13 heteroatoms. The molecule has 2 saturated carbocycles. The number of piperazine rings is 1. The number of ether oxygens (including phenoxy) is 2. The third-order valence-corrected chi connectivity index (χ3v) is 10.3. The van der Waals surface area contributed by atoms with Gasteiger partial charge in [-0.25, -0.2) is 14.0 Å². The van der Waals surface area contributed by atoms with Crippen LogP contribution in [0.1, 0.15) is 46.0 Å². The summed E-state index contributed by atoms with van der Waals surface area (Å²) >= 11 is 0. The summed E-state index contributed by atoms with van der Waals surface area (Å²) in [6, 6.07) is -0.372. The normalized spacial score (nSPS) is 39.4. The number of halogens is 1. The van der Waals surface area contributed by atoms with Crippen molar-refractivity contribution in [2.45, 2.75) is 94.5 Å². The predicted octanol–water partition coefficient (Wildman–Crippen LogP) is 0.608. The quantitative estimate of drug-likeness (QED) is 0.424. The molecule has 4 heterocycles. The maximum Gasteiger partial charge on any atom is 0.410 e. The van der Waals surface area contributed by atoms with Gasteiger partial charge < -0.3 is 29.7 Å². The summed E-state index contributed by atoms with van der Waals surface area (Å²) in [6.45, 7) is 7.60. The van der Waals surface area contributed by atoms with E-state index in [2.05, 4.69) is 15.1 Å². The molecule has 42 heavy (non-hydrogen) atoms. The zero-order valence-corrected chi connectivity index (χ0v) is 24.3. The smallest absolute Gasteiger partial charge is 0.410 e. The van der Waals surface area contributed by atoms with Gasteiger partial charge in [0.1, 0.15) is 17.8 Å². The molecule has 0 aromatic heterocycles. The summed E-state index contributed by atoms with van der Waals surface area (Å²) in [4.78, 5) is 56.8. The summed E-state index contributed by atoms with van der Waals surface area (Å²) in [6.07, 6.45) is 2.83. The number of amides is 2. The SMILES string of the molecule is CC(=O)NC[C@H]1CN(C2CCC(N3CCN(C4C(F)CC5C(=O)C(C(=O)O)=CN6C(C)COC4C56)CC3)CC2)C(=O)O1. The van der Waals surface area contributed by atoms with Gasteiger partial charge in [-0.15, -0.1) is 0 Å². The van der Waals surface area contributed by atoms with E-state index in [0.717, 1.165) is 38.8 Å². The fourth-order valence-electron chi connectivity index (χ4n) is 8.19. The number of ketones is 1. The molecule has 232 valence electrons. The summed E-state index contributed by atoms with van der Waals surface area (Å²) < 4.78 is 27.5. The van der Waals surface area contributed by atoms with Gasteiger partial charge in [-0.05, 0) is 39.0 Å². The first-order chi connectivity index (χ1) is 20.1. The Morgan fingerprint density at radius 3 is 2.38 bits per heavy atom. The van der Waals surface area contributed by atoms with Crippen LogP contribution in [0.4, 0.5) is 9.18 Å². The van der Waals surface area contributed by atoms with Crippen molar-refractivity contribution in [1.82, 2.24) is 24.9 Å². The molecule has 6 rings (SSSR count). The van der Waals surface area contributed by atoms with Crippen LogP contribution in [0.5, 0.6) is 0 Å². The van der Waals surface area contributed by atoms with E-state index in [0.29, 0.717) is 38.8 Å². The number of carbonyl (C=O) groups is 4. The van der Waals surface area contributed by atoms with Gasteiger partial charge in [0.05, 0.1) is 37.9 Å². The van der Waals surface area contributed by atoms with Crippen molar-refractivity contribution < 1.29 is 38.1 Å². The number of rotatable bonds is 6. The Labute approximate surface area is 245 Å². The van der Waals surface area contributed by atoms with Crippen LogP contribution < -0.4 is 5.32 Å². The number of carboxylic acid groups (broad SMARTS) is 1. The van der Waals surface area contributed by atoms with E-state index < -0.39 is 36.0 Å². The van der Waals surface area contributed by atoms with Crippen LogP contribution in [-0.2, 0) is 23.9 Å². The molecule has 2 N–H and O–H groups in total. The number of carbonyl (C=O) groups excluding carboxylic acids is 3. The monoisotopic (exact) mass is 591 g/mol. The summed E-state index contributed by atoms with van der Waals surface area (Å²) in [5.41, 5.74) is -0.260. The topological polar surface area (TPSA) is 132 Å². The molecular weight excluding hydrogens is 549 g/mol. The predicted molar refractivity (Wildman–Crippen MR) is 147 cm³/mol. The molecule has 7 atom stereocenters. The van der Waals surface area contributed by atoms with Crippen LogP contribution in [0.3, 0.4) is 0 Å². The molecule has 0 aromatic carbocycles. The van der Waals surface area contributed by atoms with Crippen molar-refractivity contribution in [3.63, 3.8) is 0 Å². The maximum atomic E-state index is 15.8. The average Bonchev–Trinajstić information content (AvgIpc) is 3.35. The highest BCUT2D eigenvalue weighted by Crippen LogP contribution is 2.43. The Morgan fingerprint density at radius 1 is 1.05 bits per heavy atom. The fourth-order valence-corrected chi connectivity index (χ4v) is 8.19. The number of hydrogen-bond acceptors (Lipinski definition) is 9. The molecule has 0 bridgehead atoms. The molecule has 12 nitrogen and oxygen atoms in total. The first kappa shape index (κ1) is 29.3. The van der Waals surface area contributed by atoms with Gasteiger partial charge in [-0.2, -0.15) is 0 Å². The number of morpholine rings is 1. The average molecular weight is 592 g/mol. The minimum absolute atomic E-state index is 0.0106. The third kappa shape index (κ3) is 5.39. The van der Waals surface area contributed by atoms with Crippen LogP contribution in [-0.4, -0.2) is 143 Å². The molecule has 5 fully saturated rings. The van der Waals surface area contributed by atoms with Crippen molar-refractivity contribution in [3.8, 4) is 0 Å². The maximum absolute atomic E-state index is 15.8. The third-order valence-electron chi connectivity index (χ3n) is 10.3. The lowest BCUT2D eigenvalue weighted by molar-refractivity contribution is -0.178. The Bertz CT molecular complexity index is 1120. The molecule has 6 aliphatic rings. The Balaban J connectivity index is 1.03. The second-order valence-corrected chi connectivity index (χ2v) is 12.8. The van der Waals surface area contributed by atoms with Crippen molar-refractivity contribution in [2.24, 2.45) is 5.92 Å². The van der Waals surface area contributed by atoms with E-state index >= 15 is 4.39 Å². The van der Waals surface area contributed by atoms with Gasteiger partial charge in [-0.1, -0.05) is 0 Å². The Hall–Kier alpha value is -2.77. The van der Waals surface area contributed by atoms with E-state index in [4.69, 9.17) is 9.47 Å². The molecule has 0 spiro atoms. The minimum Gasteiger partial charge on any atom is -0.478 e. The van der Waals surface area contributed by atoms with E-state index in [9.17, 15) is 24.3 Å². The molecule has 2 amide bonds. The van der Waals surface area contributed by atoms with E-state index in [1.165, 1.54) is 13.1 Å². The molecule has 2 aliphatic carbocycles. The molecule has 6 unspecified atom stereocenters. The number of alkyl halides is 1. The summed E-state index contributed by atoms with van der Waals surface area (Å²) in [7, 11) is 0. The highest BCUT2D eigenvalue weighted by molar-refractivity contribution is 6.18. The molecule has 0 radical (unpaired) electrons. The number of nitrogens with zero attached hydrogens (tertiary/aromatic N) is 4. The minimum atomic E-state index is -1.28. The molecule has 3 saturated heterocycles. The van der Waals surface area contributed by atoms with Gasteiger partial charge in [-0.3, -0.25) is 19.4 Å². The highest BCUT2D eigenvalue weighted by atomic mass is 19.1. The summed E-state index contributed by atoms with van der Waals surface area (Å²) in [5.74, 6) is -2.61. The largest absolute Gasteiger partial charge is 0.478 e. The lowest BCUT2D eigenvalue weighted by Crippen LogP contribution is -2.71. The first-order valence-corrected chi connectivity index (χ1v) is 15.3. The number of aliphatic carboxylic acids is 1. The van der Waals surface area contributed by atoms with Gasteiger partial charge >= 0.3 is 12.1 Å². The van der Waals surface area contributed by atoms with E-state index in [1.807, 2.05) is 16.7 Å². The van der Waals surface area contributed by atoms with Gasteiger partial charge in [0.15, 0.2) is 5.78 Å². The standard InChI is InChI=1S/C29H42FN5O7/c1-16-15-41-27-24-21(26(37)22(28(38)39)14-34(16)24)11-23(30)25(27)33-9-7-32(8-10-33)18-3-5-19(6-4-18)35-13-20(42-29(35)40)12-31-17(2)36/h14,16,18-21,23-25,27H,3-13,15H2,1-2H3,(H,31,36)(H,38,39)/t16?,18?,19?,20-,21?,23?,24?,25?,27?/m0/s1. The van der Waals surface area contributed by atoms with Crippen molar-refractivity contribution in [1.29, 1.82) is 0 Å². The van der Waals surface area contributed by atoms with Crippen LogP contribution in [0.25, 0.3) is 0 Å². The molecule has 0 aromatic rings. The van der Waals surface area contributed by atoms with Crippen LogP contribution in [0, 0.1) is 5.92 Å². The van der Waals surface area contributed by atoms with Crippen LogP contribution >= 0.6 is 0 Å². The van der Waals surface area contributed by atoms with E-state index in [1.54, 1.807) is 0 Å². The summed E-state index contributed by atoms with van der Waals surface area (Å²) in [5, 5.41) is 12.3. The van der Waals surface area contributed by atoms with Gasteiger partial charge in [0.25, 0.3) is 0 Å². The van der Waals surface area contributed by atoms with Crippen molar-refractivity contribution in [2.75, 3.05) is 45.9 Å². The van der Waals surface area contributed by atoms with Gasteiger partial charge in [0, 0.05) is 63.3 Å². The van der Waals surface area contributed by atoms with Crippen molar-refractivity contribution in [3.05, 3.63) is 11.8 Å². The highest BCUT2D eigenvalue weighted by Gasteiger charge is 2.57. The number of cyclic esters (lactones) is 1. The fraction of sp³-hybridized carbons (Fsp3) is 0.793. The Morgan fingerprint density at radius 2 is 1.71 bits per heavy atom. The zero-order chi connectivity index (χ0) is 29.7. The zero-order valence-electron chi connectivity index (χ0n) is 24.3. The van der Waals surface area contributed by atoms with Crippen LogP contribution in [0.2, 0.25) is 0 Å². The number of carboxylic acids is 1. The van der Waals surface area contributed by atoms with Crippen molar-refractivity contribution >= 4 is 23.8 Å². The van der Waals surface area contributed by atoms with Crippen LogP contribution in [0.15, 0.2) is 11.8 Å². The number of Topliss-reactive ketones (excluding diaryl/α,β-unsaturated/α-hetero) is 1. The molecular formula is C29H42FN5O7. The van der Waals surface area contributed by atoms with E-state index in [-0.39, 0.29) is 48.2 Å². The second-order valence-electron chi connectivity index (χ2n) is 12.8. The second kappa shape index (κ2) is 11.7. The number of hydrogen-bond donors (Lipinski definition) is 2. The molecule has 4 aliphatic heterocycles. The first-order valence-electron chi connectivity index (χ1n) is 15.3. The number of nitrogens with one attached hydrogen (secondary N) is 1.